The molecule has 1 saturated heterocycles. The normalized spacial score (nSPS) is 16.5. The van der Waals surface area contributed by atoms with Crippen LogP contribution in [0, 0.1) is 5.82 Å². The molecule has 13 heavy (non-hydrogen) atoms. The lowest BCUT2D eigenvalue weighted by Crippen LogP contribution is -2.24. The molecule has 2 heterocycles. The summed E-state index contributed by atoms with van der Waals surface area (Å²) >= 11 is 0. The Hall–Kier alpha value is -1.39. The van der Waals surface area contributed by atoms with Crippen molar-refractivity contribution in [3.8, 4) is 0 Å². The minimum absolute atomic E-state index is 0.476. The van der Waals surface area contributed by atoms with Crippen molar-refractivity contribution in [3.05, 3.63) is 22.4 Å². The molecule has 4 nitrogen and oxygen atoms in total. The molecule has 1 N–H and O–H groups in total. The molecule has 0 amide bonds. The molecular formula is C8H10FN3O. The summed E-state index contributed by atoms with van der Waals surface area (Å²) in [6, 6.07) is 0. The molecule has 0 spiro atoms. The van der Waals surface area contributed by atoms with Gasteiger partial charge in [0.25, 0.3) is 5.56 Å². The first-order valence-electron chi connectivity index (χ1n) is 4.27. The maximum absolute atomic E-state index is 12.6. The average molecular weight is 183 g/mol. The van der Waals surface area contributed by atoms with Crippen LogP contribution in [0.25, 0.3) is 0 Å². The number of aromatic nitrogens is 2. The van der Waals surface area contributed by atoms with E-state index in [1.54, 1.807) is 0 Å². The van der Waals surface area contributed by atoms with E-state index in [1.807, 2.05) is 4.90 Å². The molecule has 5 heteroatoms. The largest absolute Gasteiger partial charge is 0.342 e. The van der Waals surface area contributed by atoms with Gasteiger partial charge in [-0.05, 0) is 12.8 Å². The molecule has 0 bridgehead atoms. The van der Waals surface area contributed by atoms with Crippen molar-refractivity contribution in [2.45, 2.75) is 12.8 Å². The topological polar surface area (TPSA) is 49.0 Å². The van der Waals surface area contributed by atoms with Gasteiger partial charge in [0.2, 0.25) is 11.8 Å². The highest BCUT2D eigenvalue weighted by Crippen LogP contribution is 2.13. The number of nitrogens with one attached hydrogen (secondary N) is 1. The van der Waals surface area contributed by atoms with Crippen LogP contribution in [-0.4, -0.2) is 23.1 Å². The summed E-state index contributed by atoms with van der Waals surface area (Å²) in [5.74, 6) is -0.355. The third-order valence-electron chi connectivity index (χ3n) is 2.15. The lowest BCUT2D eigenvalue weighted by atomic mass is 10.4. The zero-order valence-electron chi connectivity index (χ0n) is 7.09. The van der Waals surface area contributed by atoms with Gasteiger partial charge in [0.05, 0.1) is 6.20 Å². The highest BCUT2D eigenvalue weighted by atomic mass is 19.1. The van der Waals surface area contributed by atoms with Crippen molar-refractivity contribution < 1.29 is 4.39 Å². The molecule has 0 radical (unpaired) electrons. The number of aromatic amines is 1. The van der Waals surface area contributed by atoms with Crippen LogP contribution >= 0.6 is 0 Å². The first-order valence-corrected chi connectivity index (χ1v) is 4.27. The second-order valence-electron chi connectivity index (χ2n) is 3.08. The molecule has 0 atom stereocenters. The van der Waals surface area contributed by atoms with Crippen molar-refractivity contribution in [3.63, 3.8) is 0 Å². The van der Waals surface area contributed by atoms with Crippen LogP contribution in [0.15, 0.2) is 11.0 Å². The second-order valence-corrected chi connectivity index (χ2v) is 3.08. The summed E-state index contributed by atoms with van der Waals surface area (Å²) in [6.07, 6.45) is 3.16. The third-order valence-corrected chi connectivity index (χ3v) is 2.15. The maximum Gasteiger partial charge on any atom is 0.288 e. The molecule has 0 unspecified atom stereocenters. The van der Waals surface area contributed by atoms with E-state index in [0.29, 0.717) is 5.95 Å². The molecule has 1 aromatic heterocycles. The molecule has 1 fully saturated rings. The standard InChI is InChI=1S/C8H10FN3O/c9-6-5-10-8(11-7(6)13)12-3-1-2-4-12/h5H,1-4H2,(H,10,11,13). The smallest absolute Gasteiger partial charge is 0.288 e. The Labute approximate surface area is 74.4 Å². The molecule has 1 aromatic rings. The second kappa shape index (κ2) is 3.16. The van der Waals surface area contributed by atoms with E-state index in [2.05, 4.69) is 9.97 Å². The van der Waals surface area contributed by atoms with Crippen LogP contribution in [0.3, 0.4) is 0 Å². The van der Waals surface area contributed by atoms with Crippen molar-refractivity contribution >= 4 is 5.95 Å². The third kappa shape index (κ3) is 1.54. The van der Waals surface area contributed by atoms with Crippen molar-refractivity contribution in [1.82, 2.24) is 9.97 Å². The molecule has 0 aromatic carbocycles. The van der Waals surface area contributed by atoms with E-state index < -0.39 is 11.4 Å². The van der Waals surface area contributed by atoms with E-state index in [0.717, 1.165) is 32.1 Å². The molecule has 0 aliphatic carbocycles. The van der Waals surface area contributed by atoms with Gasteiger partial charge in [0.1, 0.15) is 0 Å². The van der Waals surface area contributed by atoms with E-state index in [-0.39, 0.29) is 0 Å². The SMILES string of the molecule is O=c1[nH]c(N2CCCC2)ncc1F. The van der Waals surface area contributed by atoms with Gasteiger partial charge < -0.3 is 4.90 Å². The molecule has 1 aliphatic rings. The van der Waals surface area contributed by atoms with Gasteiger partial charge in [0, 0.05) is 13.1 Å². The Balaban J connectivity index is 2.30. The summed E-state index contributed by atoms with van der Waals surface area (Å²) in [5, 5.41) is 0. The Morgan fingerprint density at radius 2 is 2.15 bits per heavy atom. The fourth-order valence-corrected chi connectivity index (χ4v) is 1.46. The highest BCUT2D eigenvalue weighted by Gasteiger charge is 2.14. The summed E-state index contributed by atoms with van der Waals surface area (Å²) in [6.45, 7) is 1.77. The lowest BCUT2D eigenvalue weighted by molar-refractivity contribution is 0.599. The molecule has 70 valence electrons. The molecule has 1 aliphatic heterocycles. The van der Waals surface area contributed by atoms with Crippen molar-refractivity contribution in [2.24, 2.45) is 0 Å². The number of hydrogen-bond donors (Lipinski definition) is 1. The van der Waals surface area contributed by atoms with Gasteiger partial charge in [-0.1, -0.05) is 0 Å². The summed E-state index contributed by atoms with van der Waals surface area (Å²) in [5.41, 5.74) is -0.697. The molecule has 2 rings (SSSR count). The molecule has 0 saturated carbocycles. The van der Waals surface area contributed by atoms with Crippen LogP contribution in [0.1, 0.15) is 12.8 Å². The minimum Gasteiger partial charge on any atom is -0.342 e. The minimum atomic E-state index is -0.831. The maximum atomic E-state index is 12.6. The van der Waals surface area contributed by atoms with Crippen molar-refractivity contribution in [1.29, 1.82) is 0 Å². The summed E-state index contributed by atoms with van der Waals surface area (Å²) < 4.78 is 12.6. The number of rotatable bonds is 1. The Morgan fingerprint density at radius 3 is 2.77 bits per heavy atom. The van der Waals surface area contributed by atoms with E-state index in [4.69, 9.17) is 0 Å². The number of anilines is 1. The predicted molar refractivity (Wildman–Crippen MR) is 46.3 cm³/mol. The van der Waals surface area contributed by atoms with Gasteiger partial charge >= 0.3 is 0 Å². The fourth-order valence-electron chi connectivity index (χ4n) is 1.46. The van der Waals surface area contributed by atoms with E-state index >= 15 is 0 Å². The number of H-pyrrole nitrogens is 1. The summed E-state index contributed by atoms with van der Waals surface area (Å²) in [7, 11) is 0. The Kier molecular flexibility index (Phi) is 2.00. The number of nitrogens with zero attached hydrogens (tertiary/aromatic N) is 2. The van der Waals surface area contributed by atoms with Crippen LogP contribution in [0.4, 0.5) is 10.3 Å². The first-order chi connectivity index (χ1) is 6.27. The van der Waals surface area contributed by atoms with Crippen LogP contribution in [-0.2, 0) is 0 Å². The van der Waals surface area contributed by atoms with E-state index in [9.17, 15) is 9.18 Å². The van der Waals surface area contributed by atoms with Gasteiger partial charge in [-0.3, -0.25) is 9.78 Å². The number of hydrogen-bond acceptors (Lipinski definition) is 3. The van der Waals surface area contributed by atoms with Gasteiger partial charge in [-0.25, -0.2) is 4.98 Å². The first kappa shape index (κ1) is 8.22. The zero-order chi connectivity index (χ0) is 9.26. The monoisotopic (exact) mass is 183 g/mol. The fraction of sp³-hybridized carbons (Fsp3) is 0.500. The lowest BCUT2D eigenvalue weighted by Gasteiger charge is -2.14. The van der Waals surface area contributed by atoms with Crippen molar-refractivity contribution in [2.75, 3.05) is 18.0 Å². The highest BCUT2D eigenvalue weighted by molar-refractivity contribution is 5.29. The Morgan fingerprint density at radius 1 is 1.46 bits per heavy atom. The van der Waals surface area contributed by atoms with Crippen LogP contribution in [0.2, 0.25) is 0 Å². The Bertz CT molecular complexity index is 357. The van der Waals surface area contributed by atoms with E-state index in [1.165, 1.54) is 0 Å². The van der Waals surface area contributed by atoms with Crippen LogP contribution < -0.4 is 10.5 Å². The predicted octanol–water partition coefficient (Wildman–Crippen LogP) is 0.509. The molecular weight excluding hydrogens is 173 g/mol. The van der Waals surface area contributed by atoms with Crippen LogP contribution in [0.5, 0.6) is 0 Å². The van der Waals surface area contributed by atoms with Gasteiger partial charge in [-0.15, -0.1) is 0 Å². The van der Waals surface area contributed by atoms with Gasteiger partial charge in [0.15, 0.2) is 0 Å². The number of halogens is 1. The van der Waals surface area contributed by atoms with Gasteiger partial charge in [-0.2, -0.15) is 4.39 Å². The quantitative estimate of drug-likeness (QED) is 0.690. The zero-order valence-corrected chi connectivity index (χ0v) is 7.09. The average Bonchev–Trinajstić information content (AvgIpc) is 2.62. The summed E-state index contributed by atoms with van der Waals surface area (Å²) in [4.78, 5) is 19.1.